The normalized spacial score (nSPS) is 12.0. The highest BCUT2D eigenvalue weighted by atomic mass is 16.5. The summed E-state index contributed by atoms with van der Waals surface area (Å²) < 4.78 is 5.32. The molecule has 0 saturated carbocycles. The molecule has 0 aliphatic carbocycles. The number of ether oxygens (including phenoxy) is 1. The van der Waals surface area contributed by atoms with Gasteiger partial charge in [-0.2, -0.15) is 0 Å². The lowest BCUT2D eigenvalue weighted by molar-refractivity contribution is -0.140. The molecule has 2 aromatic heterocycles. The van der Waals surface area contributed by atoms with Crippen molar-refractivity contribution in [2.75, 3.05) is 6.61 Å². The Morgan fingerprint density at radius 1 is 0.917 bits per heavy atom. The SMILES string of the molecule is C[C@@H](NC(=O)COc1cccnc1)C(=O)N[C@H](Cc1ccccc1)C(=O)C(=O)NCc1ccccn1. The molecular formula is C26H27N5O5. The van der Waals surface area contributed by atoms with Gasteiger partial charge in [-0.05, 0) is 36.8 Å². The number of rotatable bonds is 12. The summed E-state index contributed by atoms with van der Waals surface area (Å²) in [6, 6.07) is 15.4. The summed E-state index contributed by atoms with van der Waals surface area (Å²) in [5, 5.41) is 7.65. The Morgan fingerprint density at radius 3 is 2.39 bits per heavy atom. The van der Waals surface area contributed by atoms with Gasteiger partial charge in [-0.15, -0.1) is 0 Å². The van der Waals surface area contributed by atoms with E-state index in [0.717, 1.165) is 5.56 Å². The molecular weight excluding hydrogens is 462 g/mol. The van der Waals surface area contributed by atoms with E-state index < -0.39 is 35.6 Å². The maximum atomic E-state index is 12.9. The van der Waals surface area contributed by atoms with Crippen molar-refractivity contribution in [2.45, 2.75) is 32.0 Å². The number of carbonyl (C=O) groups is 4. The largest absolute Gasteiger partial charge is 0.482 e. The summed E-state index contributed by atoms with van der Waals surface area (Å²) in [4.78, 5) is 58.5. The fraction of sp³-hybridized carbons (Fsp3) is 0.231. The summed E-state index contributed by atoms with van der Waals surface area (Å²) in [5.74, 6) is -2.38. The lowest BCUT2D eigenvalue weighted by Crippen LogP contribution is -2.54. The average Bonchev–Trinajstić information content (AvgIpc) is 2.91. The number of ketones is 1. The van der Waals surface area contributed by atoms with E-state index in [4.69, 9.17) is 4.74 Å². The minimum atomic E-state index is -1.13. The van der Waals surface area contributed by atoms with Crippen LogP contribution in [0.5, 0.6) is 5.75 Å². The van der Waals surface area contributed by atoms with Gasteiger partial charge in [0.05, 0.1) is 18.4 Å². The quantitative estimate of drug-likeness (QED) is 0.322. The second kappa shape index (κ2) is 13.3. The second-order valence-electron chi connectivity index (χ2n) is 7.89. The first kappa shape index (κ1) is 26.0. The topological polar surface area (TPSA) is 139 Å². The number of hydrogen-bond acceptors (Lipinski definition) is 7. The van der Waals surface area contributed by atoms with Crippen LogP contribution in [0.25, 0.3) is 0 Å². The number of Topliss-reactive ketones (excluding diaryl/α,β-unsaturated/α-hetero) is 1. The van der Waals surface area contributed by atoms with Gasteiger partial charge in [-0.1, -0.05) is 36.4 Å². The molecule has 3 rings (SSSR count). The zero-order valence-electron chi connectivity index (χ0n) is 19.7. The van der Waals surface area contributed by atoms with Crippen molar-refractivity contribution in [3.05, 3.63) is 90.5 Å². The van der Waals surface area contributed by atoms with E-state index in [1.807, 2.05) is 6.07 Å². The molecule has 2 atom stereocenters. The van der Waals surface area contributed by atoms with Gasteiger partial charge in [0.2, 0.25) is 11.7 Å². The lowest BCUT2D eigenvalue weighted by Gasteiger charge is -2.21. The highest BCUT2D eigenvalue weighted by Gasteiger charge is 2.29. The summed E-state index contributed by atoms with van der Waals surface area (Å²) in [7, 11) is 0. The Balaban J connectivity index is 1.59. The van der Waals surface area contributed by atoms with Crippen LogP contribution in [0, 0.1) is 0 Å². The molecule has 0 unspecified atom stereocenters. The molecule has 36 heavy (non-hydrogen) atoms. The lowest BCUT2D eigenvalue weighted by atomic mass is 10.0. The van der Waals surface area contributed by atoms with Gasteiger partial charge < -0.3 is 20.7 Å². The van der Waals surface area contributed by atoms with Crippen molar-refractivity contribution in [3.8, 4) is 5.75 Å². The minimum Gasteiger partial charge on any atom is -0.482 e. The number of amides is 3. The predicted molar refractivity (Wildman–Crippen MR) is 131 cm³/mol. The van der Waals surface area contributed by atoms with E-state index in [1.165, 1.54) is 13.1 Å². The van der Waals surface area contributed by atoms with Crippen LogP contribution in [0.15, 0.2) is 79.3 Å². The van der Waals surface area contributed by atoms with Crippen LogP contribution in [0.3, 0.4) is 0 Å². The van der Waals surface area contributed by atoms with Gasteiger partial charge in [0.25, 0.3) is 11.8 Å². The van der Waals surface area contributed by atoms with Gasteiger partial charge >= 0.3 is 0 Å². The zero-order chi connectivity index (χ0) is 25.8. The second-order valence-corrected chi connectivity index (χ2v) is 7.89. The Hall–Kier alpha value is -4.60. The fourth-order valence-corrected chi connectivity index (χ4v) is 3.20. The van der Waals surface area contributed by atoms with E-state index in [-0.39, 0.29) is 19.6 Å². The number of carbonyl (C=O) groups excluding carboxylic acids is 4. The molecule has 0 bridgehead atoms. The number of nitrogens with one attached hydrogen (secondary N) is 3. The molecule has 10 nitrogen and oxygen atoms in total. The van der Waals surface area contributed by atoms with Crippen LogP contribution in [0.4, 0.5) is 0 Å². The molecule has 0 spiro atoms. The van der Waals surface area contributed by atoms with Crippen molar-refractivity contribution in [1.29, 1.82) is 0 Å². The first-order valence-corrected chi connectivity index (χ1v) is 11.3. The van der Waals surface area contributed by atoms with Gasteiger partial charge in [0.15, 0.2) is 6.61 Å². The summed E-state index contributed by atoms with van der Waals surface area (Å²) in [6.07, 6.45) is 4.72. The van der Waals surface area contributed by atoms with Crippen LogP contribution in [-0.4, -0.2) is 52.2 Å². The van der Waals surface area contributed by atoms with Gasteiger partial charge in [0, 0.05) is 18.8 Å². The third-order valence-corrected chi connectivity index (χ3v) is 5.07. The molecule has 0 saturated heterocycles. The van der Waals surface area contributed by atoms with Gasteiger partial charge in [-0.25, -0.2) is 0 Å². The number of benzene rings is 1. The summed E-state index contributed by atoms with van der Waals surface area (Å²) in [6.45, 7) is 1.23. The monoisotopic (exact) mass is 489 g/mol. The van der Waals surface area contributed by atoms with Crippen LogP contribution in [0.1, 0.15) is 18.2 Å². The Morgan fingerprint density at radius 2 is 1.69 bits per heavy atom. The number of nitrogens with zero attached hydrogens (tertiary/aromatic N) is 2. The summed E-state index contributed by atoms with van der Waals surface area (Å²) in [5.41, 5.74) is 1.35. The molecule has 0 radical (unpaired) electrons. The molecule has 0 fully saturated rings. The average molecular weight is 490 g/mol. The van der Waals surface area contributed by atoms with Gasteiger partial charge in [0.1, 0.15) is 17.8 Å². The maximum absolute atomic E-state index is 12.9. The smallest absolute Gasteiger partial charge is 0.289 e. The first-order valence-electron chi connectivity index (χ1n) is 11.3. The van der Waals surface area contributed by atoms with Crippen molar-refractivity contribution in [2.24, 2.45) is 0 Å². The minimum absolute atomic E-state index is 0.0702. The molecule has 0 aliphatic rings. The fourth-order valence-electron chi connectivity index (χ4n) is 3.20. The van der Waals surface area contributed by atoms with Crippen molar-refractivity contribution >= 4 is 23.5 Å². The number of aromatic nitrogens is 2. The van der Waals surface area contributed by atoms with Gasteiger partial charge in [-0.3, -0.25) is 29.1 Å². The standard InChI is InChI=1S/C26H27N5O5/c1-18(30-23(32)17-36-21-11-7-12-27-16-21)25(34)31-22(14-19-8-3-2-4-9-19)24(33)26(35)29-15-20-10-5-6-13-28-20/h2-13,16,18,22H,14-15,17H2,1H3,(H,29,35)(H,30,32)(H,31,34)/t18-,22-/m1/s1. The summed E-state index contributed by atoms with van der Waals surface area (Å²) >= 11 is 0. The number of hydrogen-bond donors (Lipinski definition) is 3. The van der Waals surface area contributed by atoms with Crippen LogP contribution < -0.4 is 20.7 Å². The first-order chi connectivity index (χ1) is 17.4. The third kappa shape index (κ3) is 8.32. The molecule has 1 aromatic carbocycles. The van der Waals surface area contributed by atoms with Crippen LogP contribution in [-0.2, 0) is 32.1 Å². The van der Waals surface area contributed by atoms with E-state index in [1.54, 1.807) is 67.0 Å². The van der Waals surface area contributed by atoms with E-state index in [2.05, 4.69) is 25.9 Å². The molecule has 10 heteroatoms. The molecule has 2 heterocycles. The van der Waals surface area contributed by atoms with E-state index in [0.29, 0.717) is 11.4 Å². The van der Waals surface area contributed by atoms with Crippen LogP contribution in [0.2, 0.25) is 0 Å². The van der Waals surface area contributed by atoms with Crippen molar-refractivity contribution in [3.63, 3.8) is 0 Å². The molecule has 0 aliphatic heterocycles. The molecule has 3 N–H and O–H groups in total. The third-order valence-electron chi connectivity index (χ3n) is 5.07. The Labute approximate surface area is 208 Å². The van der Waals surface area contributed by atoms with E-state index >= 15 is 0 Å². The highest BCUT2D eigenvalue weighted by molar-refractivity contribution is 6.38. The van der Waals surface area contributed by atoms with Crippen molar-refractivity contribution in [1.82, 2.24) is 25.9 Å². The predicted octanol–water partition coefficient (Wildman–Crippen LogP) is 0.973. The number of pyridine rings is 2. The Bertz CT molecular complexity index is 1160. The van der Waals surface area contributed by atoms with E-state index in [9.17, 15) is 19.2 Å². The maximum Gasteiger partial charge on any atom is 0.289 e. The van der Waals surface area contributed by atoms with Crippen molar-refractivity contribution < 1.29 is 23.9 Å². The Kier molecular flexibility index (Phi) is 9.63. The zero-order valence-corrected chi connectivity index (χ0v) is 19.7. The molecule has 3 amide bonds. The molecule has 186 valence electrons. The van der Waals surface area contributed by atoms with Crippen LogP contribution >= 0.6 is 0 Å². The molecule has 3 aromatic rings. The highest BCUT2D eigenvalue weighted by Crippen LogP contribution is 2.07.